The number of hydrogen-bond acceptors (Lipinski definition) is 8. The topological polar surface area (TPSA) is 86.1 Å². The van der Waals surface area contributed by atoms with E-state index in [0.29, 0.717) is 34.8 Å². The minimum Gasteiger partial charge on any atom is -0.462 e. The van der Waals surface area contributed by atoms with Gasteiger partial charge in [0, 0.05) is 32.5 Å². The second-order valence-corrected chi connectivity index (χ2v) is 11.9. The number of allylic oxidation sites excluding steroid dienone is 1. The van der Waals surface area contributed by atoms with Crippen molar-refractivity contribution < 1.29 is 14.3 Å². The molecule has 10 heteroatoms. The van der Waals surface area contributed by atoms with E-state index in [1.807, 2.05) is 16.7 Å². The van der Waals surface area contributed by atoms with Gasteiger partial charge in [-0.15, -0.1) is 39.4 Å². The van der Waals surface area contributed by atoms with E-state index in [2.05, 4.69) is 46.5 Å². The lowest BCUT2D eigenvalue weighted by Gasteiger charge is -2.18. The summed E-state index contributed by atoms with van der Waals surface area (Å²) >= 11 is 4.48. The lowest BCUT2D eigenvalue weighted by molar-refractivity contribution is -0.113. The fourth-order valence-electron chi connectivity index (χ4n) is 4.59. The lowest BCUT2D eigenvalue weighted by Crippen LogP contribution is -2.18. The summed E-state index contributed by atoms with van der Waals surface area (Å²) in [5, 5.41) is 16.3. The Balaban J connectivity index is 1.35. The fraction of sp³-hybridized carbons (Fsp3) is 0.333. The summed E-state index contributed by atoms with van der Waals surface area (Å²) in [6.45, 7) is 8.72. The summed E-state index contributed by atoms with van der Waals surface area (Å²) < 4.78 is 8.49. The average Bonchev–Trinajstić information content (AvgIpc) is 3.57. The Hall–Kier alpha value is -2.95. The Labute approximate surface area is 227 Å². The van der Waals surface area contributed by atoms with Crippen LogP contribution in [-0.2, 0) is 28.9 Å². The van der Waals surface area contributed by atoms with Crippen LogP contribution in [0.15, 0.2) is 47.5 Å². The maximum absolute atomic E-state index is 13.0. The van der Waals surface area contributed by atoms with E-state index >= 15 is 0 Å². The summed E-state index contributed by atoms with van der Waals surface area (Å²) in [5.41, 5.74) is 2.57. The number of nitrogens with one attached hydrogen (secondary N) is 1. The maximum atomic E-state index is 13.0. The van der Waals surface area contributed by atoms with Gasteiger partial charge in [-0.2, -0.15) is 0 Å². The Morgan fingerprint density at radius 1 is 1.32 bits per heavy atom. The highest BCUT2D eigenvalue weighted by Crippen LogP contribution is 2.40. The number of thioether (sulfide) groups is 1. The Morgan fingerprint density at radius 2 is 2.16 bits per heavy atom. The van der Waals surface area contributed by atoms with Gasteiger partial charge in [-0.05, 0) is 43.7 Å². The van der Waals surface area contributed by atoms with E-state index in [1.165, 1.54) is 32.7 Å². The molecular weight excluding hydrogens is 525 g/mol. The van der Waals surface area contributed by atoms with Crippen LogP contribution in [0.2, 0.25) is 0 Å². The van der Waals surface area contributed by atoms with E-state index in [4.69, 9.17) is 4.74 Å². The predicted molar refractivity (Wildman–Crippen MR) is 152 cm³/mol. The molecule has 0 spiro atoms. The number of rotatable bonds is 9. The van der Waals surface area contributed by atoms with Crippen molar-refractivity contribution >= 4 is 61.4 Å². The molecule has 7 nitrogen and oxygen atoms in total. The van der Waals surface area contributed by atoms with Crippen LogP contribution in [0.5, 0.6) is 0 Å². The number of nitrogens with zero attached hydrogens (tertiary/aromatic N) is 3. The predicted octanol–water partition coefficient (Wildman–Crippen LogP) is 6.44. The number of ether oxygens (including phenoxy) is 1. The number of aromatic nitrogens is 3. The SMILES string of the molecule is C=CCn1c(SCC(=O)Nc2sc3c(c2C(=O)OCC)CCC(C)C3)nnc1-c1csc2ccccc12. The van der Waals surface area contributed by atoms with E-state index in [9.17, 15) is 9.59 Å². The van der Waals surface area contributed by atoms with Crippen LogP contribution in [0, 0.1) is 5.92 Å². The first-order chi connectivity index (χ1) is 18.0. The molecule has 0 saturated heterocycles. The maximum Gasteiger partial charge on any atom is 0.341 e. The van der Waals surface area contributed by atoms with Gasteiger partial charge in [0.1, 0.15) is 5.00 Å². The van der Waals surface area contributed by atoms with Crippen molar-refractivity contribution in [3.63, 3.8) is 0 Å². The van der Waals surface area contributed by atoms with E-state index < -0.39 is 0 Å². The van der Waals surface area contributed by atoms with Crippen LogP contribution in [-0.4, -0.2) is 39.0 Å². The van der Waals surface area contributed by atoms with Crippen molar-refractivity contribution in [2.75, 3.05) is 17.7 Å². The third-order valence-corrected chi connectivity index (χ3v) is 9.43. The molecule has 1 aliphatic carbocycles. The Kier molecular flexibility index (Phi) is 7.78. The second-order valence-electron chi connectivity index (χ2n) is 8.96. The smallest absolute Gasteiger partial charge is 0.341 e. The molecule has 0 saturated carbocycles. The molecule has 1 unspecified atom stereocenters. The standard InChI is InChI=1S/C27H28N4O3S3/c1-4-12-31-24(19-14-35-20-9-7-6-8-17(19)20)29-30-27(31)36-15-22(32)28-25-23(26(33)34-5-2)18-11-10-16(3)13-21(18)37-25/h4,6-9,14,16H,1,5,10-13,15H2,2-3H3,(H,28,32). The van der Waals surface area contributed by atoms with Crippen molar-refractivity contribution in [2.45, 2.75) is 44.8 Å². The number of esters is 1. The van der Waals surface area contributed by atoms with Crippen LogP contribution in [0.1, 0.15) is 41.1 Å². The Bertz CT molecular complexity index is 1470. The van der Waals surface area contributed by atoms with Gasteiger partial charge in [-0.3, -0.25) is 9.36 Å². The molecule has 0 fully saturated rings. The highest BCUT2D eigenvalue weighted by atomic mass is 32.2. The minimum absolute atomic E-state index is 0.140. The summed E-state index contributed by atoms with van der Waals surface area (Å²) in [4.78, 5) is 27.0. The van der Waals surface area contributed by atoms with Gasteiger partial charge in [-0.25, -0.2) is 4.79 Å². The number of fused-ring (bicyclic) bond motifs is 2. The van der Waals surface area contributed by atoms with Crippen molar-refractivity contribution in [1.82, 2.24) is 14.8 Å². The zero-order valence-corrected chi connectivity index (χ0v) is 23.2. The molecule has 0 radical (unpaired) electrons. The Morgan fingerprint density at radius 3 is 2.97 bits per heavy atom. The zero-order chi connectivity index (χ0) is 25.9. The zero-order valence-electron chi connectivity index (χ0n) is 20.8. The number of benzene rings is 1. The summed E-state index contributed by atoms with van der Waals surface area (Å²) in [5.74, 6) is 0.894. The quantitative estimate of drug-likeness (QED) is 0.146. The van der Waals surface area contributed by atoms with E-state index in [-0.39, 0.29) is 17.6 Å². The number of thiophene rings is 2. The first-order valence-corrected chi connectivity index (χ1v) is 14.9. The molecule has 0 bridgehead atoms. The molecule has 4 aromatic rings. The molecule has 1 aromatic carbocycles. The van der Waals surface area contributed by atoms with Crippen LogP contribution >= 0.6 is 34.4 Å². The van der Waals surface area contributed by atoms with Crippen molar-refractivity contribution in [3.8, 4) is 11.4 Å². The van der Waals surface area contributed by atoms with Gasteiger partial charge >= 0.3 is 5.97 Å². The summed E-state index contributed by atoms with van der Waals surface area (Å²) in [6, 6.07) is 8.21. The molecule has 1 aliphatic rings. The number of carbonyl (C=O) groups excluding carboxylic acids is 2. The molecule has 1 atom stereocenters. The van der Waals surface area contributed by atoms with Crippen LogP contribution in [0.25, 0.3) is 21.5 Å². The minimum atomic E-state index is -0.365. The normalized spacial score (nSPS) is 14.9. The molecule has 3 heterocycles. The third-order valence-electron chi connectivity index (χ3n) is 6.33. The average molecular weight is 553 g/mol. The second kappa shape index (κ2) is 11.2. The molecule has 192 valence electrons. The molecule has 1 amide bonds. The molecule has 3 aromatic heterocycles. The summed E-state index contributed by atoms with van der Waals surface area (Å²) in [7, 11) is 0. The first kappa shape index (κ1) is 25.7. The van der Waals surface area contributed by atoms with Gasteiger partial charge in [-0.1, -0.05) is 43.0 Å². The van der Waals surface area contributed by atoms with Crippen LogP contribution < -0.4 is 5.32 Å². The van der Waals surface area contributed by atoms with Crippen molar-refractivity contribution in [3.05, 3.63) is 58.3 Å². The number of anilines is 1. The van der Waals surface area contributed by atoms with Crippen molar-refractivity contribution in [1.29, 1.82) is 0 Å². The number of hydrogen-bond donors (Lipinski definition) is 1. The molecule has 1 N–H and O–H groups in total. The first-order valence-electron chi connectivity index (χ1n) is 12.2. The molecule has 0 aliphatic heterocycles. The highest BCUT2D eigenvalue weighted by molar-refractivity contribution is 7.99. The van der Waals surface area contributed by atoms with Gasteiger partial charge in [0.15, 0.2) is 11.0 Å². The molecular formula is C27H28N4O3S3. The van der Waals surface area contributed by atoms with Crippen LogP contribution in [0.3, 0.4) is 0 Å². The largest absolute Gasteiger partial charge is 0.462 e. The van der Waals surface area contributed by atoms with E-state index in [1.54, 1.807) is 24.3 Å². The summed E-state index contributed by atoms with van der Waals surface area (Å²) in [6.07, 6.45) is 4.58. The van der Waals surface area contributed by atoms with Gasteiger partial charge in [0.25, 0.3) is 0 Å². The van der Waals surface area contributed by atoms with Gasteiger partial charge in [0.2, 0.25) is 5.91 Å². The molecule has 5 rings (SSSR count). The number of carbonyl (C=O) groups is 2. The van der Waals surface area contributed by atoms with Crippen molar-refractivity contribution in [2.24, 2.45) is 5.92 Å². The van der Waals surface area contributed by atoms with Gasteiger partial charge < -0.3 is 10.1 Å². The van der Waals surface area contributed by atoms with Gasteiger partial charge in [0.05, 0.1) is 17.9 Å². The monoisotopic (exact) mass is 552 g/mol. The third kappa shape index (κ3) is 5.23. The number of amides is 1. The lowest BCUT2D eigenvalue weighted by atomic mass is 9.88. The fourth-order valence-corrected chi connectivity index (χ4v) is 7.69. The molecule has 37 heavy (non-hydrogen) atoms. The van der Waals surface area contributed by atoms with Crippen LogP contribution in [0.4, 0.5) is 5.00 Å². The highest BCUT2D eigenvalue weighted by Gasteiger charge is 2.29. The van der Waals surface area contributed by atoms with E-state index in [0.717, 1.165) is 41.6 Å².